The monoisotopic (exact) mass is 286 g/mol. The highest BCUT2D eigenvalue weighted by Crippen LogP contribution is 2.40. The number of rotatable bonds is 2. The number of fused-ring (bicyclic) bond motifs is 1. The predicted molar refractivity (Wildman–Crippen MR) is 63.7 cm³/mol. The minimum atomic E-state index is -1.41. The lowest BCUT2D eigenvalue weighted by molar-refractivity contribution is -0.384. The van der Waals surface area contributed by atoms with Gasteiger partial charge in [-0.25, -0.2) is 4.79 Å². The average molecular weight is 287 g/mol. The van der Waals surface area contributed by atoms with Crippen LogP contribution in [0, 0.1) is 10.1 Å². The third kappa shape index (κ3) is 2.06. The molecular weight excluding hydrogens is 280 g/mol. The summed E-state index contributed by atoms with van der Waals surface area (Å²) >= 11 is 5.63. The fourth-order valence-corrected chi connectivity index (χ4v) is 1.90. The van der Waals surface area contributed by atoms with Crippen molar-refractivity contribution >= 4 is 34.9 Å². The molecule has 1 amide bonds. The number of hydrogen-bond acceptors (Lipinski definition) is 5. The van der Waals surface area contributed by atoms with E-state index in [2.05, 4.69) is 0 Å². The van der Waals surface area contributed by atoms with Crippen LogP contribution in [0.15, 0.2) is 12.1 Å². The van der Waals surface area contributed by atoms with Gasteiger partial charge in [0.1, 0.15) is 5.56 Å². The number of carboxylic acids is 1. The van der Waals surface area contributed by atoms with Crippen molar-refractivity contribution in [3.8, 4) is 5.75 Å². The highest BCUT2D eigenvalue weighted by molar-refractivity contribution is 6.32. The zero-order valence-electron chi connectivity index (χ0n) is 9.49. The Hall–Kier alpha value is -2.35. The van der Waals surface area contributed by atoms with Crippen molar-refractivity contribution in [2.45, 2.75) is 5.56 Å². The molecule has 1 aromatic rings. The van der Waals surface area contributed by atoms with Crippen LogP contribution in [-0.2, 0) is 4.79 Å². The van der Waals surface area contributed by atoms with Gasteiger partial charge in [-0.3, -0.25) is 14.9 Å². The van der Waals surface area contributed by atoms with Crippen molar-refractivity contribution in [3.05, 3.63) is 27.8 Å². The highest BCUT2D eigenvalue weighted by Gasteiger charge is 2.35. The number of amides is 1. The normalized spacial score (nSPS) is 17.7. The number of alkyl halides is 1. The molecule has 0 fully saturated rings. The van der Waals surface area contributed by atoms with E-state index in [1.807, 2.05) is 0 Å². The third-order valence-corrected chi connectivity index (χ3v) is 2.88. The molecule has 0 spiro atoms. The molecular formula is C10H7ClN2O6. The van der Waals surface area contributed by atoms with Gasteiger partial charge in [0.25, 0.3) is 17.2 Å². The van der Waals surface area contributed by atoms with Crippen LogP contribution in [0.1, 0.15) is 10.4 Å². The van der Waals surface area contributed by atoms with Gasteiger partial charge in [0.2, 0.25) is 0 Å². The Morgan fingerprint density at radius 2 is 2.21 bits per heavy atom. The maximum atomic E-state index is 11.6. The van der Waals surface area contributed by atoms with Crippen LogP contribution in [0.4, 0.5) is 11.4 Å². The zero-order valence-corrected chi connectivity index (χ0v) is 10.2. The van der Waals surface area contributed by atoms with Gasteiger partial charge in [-0.15, -0.1) is 0 Å². The molecule has 100 valence electrons. The van der Waals surface area contributed by atoms with E-state index in [9.17, 15) is 19.7 Å². The van der Waals surface area contributed by atoms with E-state index >= 15 is 0 Å². The van der Waals surface area contributed by atoms with E-state index in [-0.39, 0.29) is 11.4 Å². The molecule has 0 aliphatic carbocycles. The number of anilines is 1. The van der Waals surface area contributed by atoms with E-state index in [0.29, 0.717) is 0 Å². The van der Waals surface area contributed by atoms with E-state index < -0.39 is 33.6 Å². The number of carbonyl (C=O) groups excluding carboxylic acids is 1. The number of halogens is 1. The molecule has 0 saturated carbocycles. The number of benzene rings is 1. The number of likely N-dealkylation sites (N-methyl/N-ethyl adjacent to an activating group) is 1. The summed E-state index contributed by atoms with van der Waals surface area (Å²) in [7, 11) is 1.33. The van der Waals surface area contributed by atoms with E-state index in [4.69, 9.17) is 21.4 Å². The van der Waals surface area contributed by atoms with Crippen molar-refractivity contribution in [2.75, 3.05) is 11.9 Å². The molecule has 0 saturated heterocycles. The molecule has 1 N–H and O–H groups in total. The number of nitrogens with zero attached hydrogens (tertiary/aromatic N) is 2. The number of nitro benzene ring substituents is 1. The molecule has 1 unspecified atom stereocenters. The summed E-state index contributed by atoms with van der Waals surface area (Å²) in [4.78, 5) is 33.7. The van der Waals surface area contributed by atoms with Gasteiger partial charge in [-0.1, -0.05) is 11.6 Å². The van der Waals surface area contributed by atoms with Crippen LogP contribution in [0.5, 0.6) is 5.75 Å². The first-order valence-corrected chi connectivity index (χ1v) is 5.40. The maximum absolute atomic E-state index is 11.6. The SMILES string of the molecule is CN1C(=O)C(Cl)Oc2c(C(=O)O)cc([N+](=O)[O-])cc21. The Morgan fingerprint density at radius 3 is 2.74 bits per heavy atom. The Balaban J connectivity index is 2.71. The second kappa shape index (κ2) is 4.39. The Labute approximate surface area is 111 Å². The summed E-state index contributed by atoms with van der Waals surface area (Å²) in [6.45, 7) is 0. The number of hydrogen-bond donors (Lipinski definition) is 1. The molecule has 8 nitrogen and oxygen atoms in total. The summed E-state index contributed by atoms with van der Waals surface area (Å²) in [5.41, 5.74) is -2.24. The first-order chi connectivity index (χ1) is 8.82. The molecule has 19 heavy (non-hydrogen) atoms. The van der Waals surface area contributed by atoms with Gasteiger partial charge in [0, 0.05) is 19.2 Å². The van der Waals surface area contributed by atoms with E-state index in [1.54, 1.807) is 0 Å². The summed E-state index contributed by atoms with van der Waals surface area (Å²) in [6, 6.07) is 1.91. The number of aromatic carboxylic acids is 1. The lowest BCUT2D eigenvalue weighted by Gasteiger charge is -2.29. The van der Waals surface area contributed by atoms with Gasteiger partial charge in [-0.2, -0.15) is 0 Å². The Kier molecular flexibility index (Phi) is 3.03. The first kappa shape index (κ1) is 13.1. The fourth-order valence-electron chi connectivity index (χ4n) is 1.66. The maximum Gasteiger partial charge on any atom is 0.339 e. The van der Waals surface area contributed by atoms with Crippen LogP contribution >= 0.6 is 11.6 Å². The lowest BCUT2D eigenvalue weighted by Crippen LogP contribution is -2.41. The van der Waals surface area contributed by atoms with Crippen LogP contribution in [0.25, 0.3) is 0 Å². The molecule has 0 bridgehead atoms. The van der Waals surface area contributed by atoms with Crippen molar-refractivity contribution in [1.29, 1.82) is 0 Å². The largest absolute Gasteiger partial charge is 0.478 e. The standard InChI is InChI=1S/C10H7ClN2O6/c1-12-6-3-4(13(17)18)2-5(10(15)16)7(6)19-8(11)9(12)14/h2-3,8H,1H3,(H,15,16). The van der Waals surface area contributed by atoms with E-state index in [1.165, 1.54) is 7.05 Å². The van der Waals surface area contributed by atoms with E-state index in [0.717, 1.165) is 17.0 Å². The fraction of sp³-hybridized carbons (Fsp3) is 0.200. The topological polar surface area (TPSA) is 110 Å². The number of carbonyl (C=O) groups is 2. The number of non-ortho nitro benzene ring substituents is 1. The molecule has 0 aromatic heterocycles. The highest BCUT2D eigenvalue weighted by atomic mass is 35.5. The molecule has 9 heteroatoms. The molecule has 1 aliphatic rings. The zero-order chi connectivity index (χ0) is 14.3. The Morgan fingerprint density at radius 1 is 1.58 bits per heavy atom. The summed E-state index contributed by atoms with van der Waals surface area (Å²) in [5, 5.41) is 19.8. The van der Waals surface area contributed by atoms with Crippen molar-refractivity contribution in [1.82, 2.24) is 0 Å². The van der Waals surface area contributed by atoms with Crippen molar-refractivity contribution in [2.24, 2.45) is 0 Å². The van der Waals surface area contributed by atoms with Crippen LogP contribution in [0.3, 0.4) is 0 Å². The van der Waals surface area contributed by atoms with Gasteiger partial charge in [0.15, 0.2) is 5.75 Å². The molecule has 2 rings (SSSR count). The first-order valence-electron chi connectivity index (χ1n) is 4.97. The number of ether oxygens (including phenoxy) is 1. The molecule has 1 aromatic carbocycles. The molecule has 1 atom stereocenters. The summed E-state index contributed by atoms with van der Waals surface area (Å²) < 4.78 is 5.01. The van der Waals surface area contributed by atoms with Gasteiger partial charge < -0.3 is 14.7 Å². The van der Waals surface area contributed by atoms with Gasteiger partial charge >= 0.3 is 5.97 Å². The summed E-state index contributed by atoms with van der Waals surface area (Å²) in [6.07, 6.45) is 0. The second-order valence-corrected chi connectivity index (χ2v) is 4.13. The average Bonchev–Trinajstić information content (AvgIpc) is 2.34. The smallest absolute Gasteiger partial charge is 0.339 e. The number of nitro groups is 1. The van der Waals surface area contributed by atoms with Crippen LogP contribution in [-0.4, -0.2) is 34.5 Å². The minimum Gasteiger partial charge on any atom is -0.478 e. The molecule has 1 heterocycles. The lowest BCUT2D eigenvalue weighted by atomic mass is 10.1. The molecule has 1 aliphatic heterocycles. The predicted octanol–water partition coefficient (Wildman–Crippen LogP) is 1.21. The minimum absolute atomic E-state index is 0.00602. The summed E-state index contributed by atoms with van der Waals surface area (Å²) in [5.74, 6) is -2.21. The van der Waals surface area contributed by atoms with Crippen molar-refractivity contribution < 1.29 is 24.4 Å². The van der Waals surface area contributed by atoms with Gasteiger partial charge in [0.05, 0.1) is 10.6 Å². The quantitative estimate of drug-likeness (QED) is 0.497. The number of carboxylic acid groups (broad SMARTS) is 1. The molecule has 0 radical (unpaired) electrons. The van der Waals surface area contributed by atoms with Crippen LogP contribution < -0.4 is 9.64 Å². The van der Waals surface area contributed by atoms with Crippen LogP contribution in [0.2, 0.25) is 0 Å². The van der Waals surface area contributed by atoms with Crippen molar-refractivity contribution in [3.63, 3.8) is 0 Å². The second-order valence-electron chi connectivity index (χ2n) is 3.73. The third-order valence-electron chi connectivity index (χ3n) is 2.60. The van der Waals surface area contributed by atoms with Gasteiger partial charge in [-0.05, 0) is 0 Å². The Bertz CT molecular complexity index is 602.